The van der Waals surface area contributed by atoms with E-state index in [0.29, 0.717) is 0 Å². The topological polar surface area (TPSA) is 37.8 Å². The van der Waals surface area contributed by atoms with E-state index in [0.717, 1.165) is 40.3 Å². The van der Waals surface area contributed by atoms with Crippen LogP contribution in [0.2, 0.25) is 0 Å². The van der Waals surface area contributed by atoms with Crippen molar-refractivity contribution < 1.29 is 0 Å². The van der Waals surface area contributed by atoms with Gasteiger partial charge in [-0.1, -0.05) is 13.3 Å². The molecule has 0 saturated heterocycles. The minimum absolute atomic E-state index is 0.852. The van der Waals surface area contributed by atoms with Crippen LogP contribution in [0.3, 0.4) is 0 Å². The molecule has 0 saturated carbocycles. The van der Waals surface area contributed by atoms with Crippen LogP contribution in [0.1, 0.15) is 31.8 Å². The molecule has 0 amide bonds. The number of rotatable bonds is 4. The summed E-state index contributed by atoms with van der Waals surface area (Å²) < 4.78 is 1.16. The molecule has 1 heterocycles. The van der Waals surface area contributed by atoms with Gasteiger partial charge in [0.15, 0.2) is 0 Å². The second kappa shape index (κ2) is 5.48. The van der Waals surface area contributed by atoms with Crippen molar-refractivity contribution in [2.24, 2.45) is 0 Å². The molecule has 0 aromatic carbocycles. The van der Waals surface area contributed by atoms with Gasteiger partial charge in [0.05, 0.1) is 9.26 Å². The lowest BCUT2D eigenvalue weighted by Crippen LogP contribution is -2.07. The van der Waals surface area contributed by atoms with Gasteiger partial charge >= 0.3 is 0 Å². The van der Waals surface area contributed by atoms with Crippen molar-refractivity contribution in [2.45, 2.75) is 33.6 Å². The van der Waals surface area contributed by atoms with Crippen LogP contribution in [0.15, 0.2) is 0 Å². The minimum atomic E-state index is 0.852. The summed E-state index contributed by atoms with van der Waals surface area (Å²) in [6, 6.07) is 0. The molecule has 1 N–H and O–H groups in total. The second-order valence-electron chi connectivity index (χ2n) is 3.16. The van der Waals surface area contributed by atoms with Crippen molar-refractivity contribution >= 4 is 28.4 Å². The van der Waals surface area contributed by atoms with Crippen LogP contribution in [0.25, 0.3) is 0 Å². The zero-order valence-electron chi connectivity index (χ0n) is 8.89. The van der Waals surface area contributed by atoms with Crippen LogP contribution < -0.4 is 5.32 Å². The molecule has 0 aliphatic rings. The van der Waals surface area contributed by atoms with E-state index in [1.165, 1.54) is 0 Å². The lowest BCUT2D eigenvalue weighted by Gasteiger charge is -2.09. The number of nitrogens with zero attached hydrogens (tertiary/aromatic N) is 2. The predicted octanol–water partition coefficient (Wildman–Crippen LogP) is 2.77. The number of aryl methyl sites for hydroxylation is 2. The molecule has 4 heteroatoms. The van der Waals surface area contributed by atoms with Gasteiger partial charge in [0.1, 0.15) is 11.6 Å². The summed E-state index contributed by atoms with van der Waals surface area (Å²) in [4.78, 5) is 8.82. The maximum absolute atomic E-state index is 4.45. The Labute approximate surface area is 98.9 Å². The number of hydrogen-bond donors (Lipinski definition) is 1. The van der Waals surface area contributed by atoms with Crippen molar-refractivity contribution in [3.8, 4) is 0 Å². The lowest BCUT2D eigenvalue weighted by atomic mass is 10.2. The van der Waals surface area contributed by atoms with Gasteiger partial charge in [-0.3, -0.25) is 0 Å². The van der Waals surface area contributed by atoms with Gasteiger partial charge in [-0.05, 0) is 42.9 Å². The van der Waals surface area contributed by atoms with E-state index >= 15 is 0 Å². The summed E-state index contributed by atoms with van der Waals surface area (Å²) in [6.45, 7) is 7.08. The lowest BCUT2D eigenvalue weighted by molar-refractivity contribution is 0.847. The number of nitrogens with one attached hydrogen (secondary N) is 1. The molecule has 1 aromatic rings. The SMILES string of the molecule is CCCc1nc(C)nc(NCC)c1I. The van der Waals surface area contributed by atoms with E-state index in [1.54, 1.807) is 0 Å². The molecule has 0 radical (unpaired) electrons. The van der Waals surface area contributed by atoms with Crippen LogP contribution in [-0.2, 0) is 6.42 Å². The molecule has 1 rings (SSSR count). The fourth-order valence-corrected chi connectivity index (χ4v) is 2.01. The summed E-state index contributed by atoms with van der Waals surface area (Å²) in [5.41, 5.74) is 1.16. The summed E-state index contributed by atoms with van der Waals surface area (Å²) >= 11 is 2.32. The summed E-state index contributed by atoms with van der Waals surface area (Å²) in [5, 5.41) is 3.26. The number of aromatic nitrogens is 2. The third kappa shape index (κ3) is 2.80. The quantitative estimate of drug-likeness (QED) is 0.869. The highest BCUT2D eigenvalue weighted by atomic mass is 127. The monoisotopic (exact) mass is 305 g/mol. The smallest absolute Gasteiger partial charge is 0.143 e. The van der Waals surface area contributed by atoms with Crippen LogP contribution in [-0.4, -0.2) is 16.5 Å². The first-order valence-electron chi connectivity index (χ1n) is 4.95. The zero-order chi connectivity index (χ0) is 10.6. The molecule has 0 fully saturated rings. The van der Waals surface area contributed by atoms with Gasteiger partial charge in [-0.25, -0.2) is 9.97 Å². The molecule has 0 aliphatic carbocycles. The number of anilines is 1. The highest BCUT2D eigenvalue weighted by molar-refractivity contribution is 14.1. The first-order chi connectivity index (χ1) is 6.69. The number of halogens is 1. The Hall–Kier alpha value is -0.390. The molecule has 0 atom stereocenters. The third-order valence-corrected chi connectivity index (χ3v) is 3.00. The maximum Gasteiger partial charge on any atom is 0.143 e. The summed E-state index contributed by atoms with van der Waals surface area (Å²) in [6.07, 6.45) is 2.15. The van der Waals surface area contributed by atoms with Crippen molar-refractivity contribution in [2.75, 3.05) is 11.9 Å². The highest BCUT2D eigenvalue weighted by Gasteiger charge is 2.08. The largest absolute Gasteiger partial charge is 0.369 e. The molecule has 0 spiro atoms. The van der Waals surface area contributed by atoms with Crippen molar-refractivity contribution in [3.63, 3.8) is 0 Å². The van der Waals surface area contributed by atoms with Crippen molar-refractivity contribution in [1.82, 2.24) is 9.97 Å². The normalized spacial score (nSPS) is 10.3. The molecule has 0 aliphatic heterocycles. The zero-order valence-corrected chi connectivity index (χ0v) is 11.1. The standard InChI is InChI=1S/C10H16IN3/c1-4-6-8-9(11)10(12-5-2)14-7(3)13-8/h4-6H2,1-3H3,(H,12,13,14). The maximum atomic E-state index is 4.45. The number of hydrogen-bond acceptors (Lipinski definition) is 3. The van der Waals surface area contributed by atoms with Crippen LogP contribution >= 0.6 is 22.6 Å². The van der Waals surface area contributed by atoms with Crippen LogP contribution in [0.5, 0.6) is 0 Å². The highest BCUT2D eigenvalue weighted by Crippen LogP contribution is 2.19. The van der Waals surface area contributed by atoms with Crippen molar-refractivity contribution in [3.05, 3.63) is 15.1 Å². The van der Waals surface area contributed by atoms with E-state index in [9.17, 15) is 0 Å². The Morgan fingerprint density at radius 3 is 2.57 bits per heavy atom. The Morgan fingerprint density at radius 1 is 1.29 bits per heavy atom. The molecule has 14 heavy (non-hydrogen) atoms. The summed E-state index contributed by atoms with van der Waals surface area (Å²) in [5.74, 6) is 1.83. The van der Waals surface area contributed by atoms with Gasteiger partial charge in [0, 0.05) is 6.54 Å². The third-order valence-electron chi connectivity index (χ3n) is 1.86. The van der Waals surface area contributed by atoms with E-state index in [-0.39, 0.29) is 0 Å². The van der Waals surface area contributed by atoms with Crippen LogP contribution in [0, 0.1) is 10.5 Å². The average molecular weight is 305 g/mol. The Balaban J connectivity index is 3.04. The van der Waals surface area contributed by atoms with Gasteiger partial charge in [-0.2, -0.15) is 0 Å². The molecule has 0 bridgehead atoms. The second-order valence-corrected chi connectivity index (χ2v) is 4.24. The Morgan fingerprint density at radius 2 is 2.00 bits per heavy atom. The Kier molecular flexibility index (Phi) is 4.57. The Bertz CT molecular complexity index is 285. The van der Waals surface area contributed by atoms with E-state index in [4.69, 9.17) is 0 Å². The van der Waals surface area contributed by atoms with E-state index in [2.05, 4.69) is 51.7 Å². The fourth-order valence-electron chi connectivity index (χ4n) is 1.30. The van der Waals surface area contributed by atoms with Gasteiger partial charge < -0.3 is 5.32 Å². The fraction of sp³-hybridized carbons (Fsp3) is 0.600. The molecular formula is C10H16IN3. The summed E-state index contributed by atoms with van der Waals surface area (Å²) in [7, 11) is 0. The van der Waals surface area contributed by atoms with Crippen molar-refractivity contribution in [1.29, 1.82) is 0 Å². The van der Waals surface area contributed by atoms with Gasteiger partial charge in [0.2, 0.25) is 0 Å². The minimum Gasteiger partial charge on any atom is -0.369 e. The molecule has 3 nitrogen and oxygen atoms in total. The van der Waals surface area contributed by atoms with E-state index < -0.39 is 0 Å². The van der Waals surface area contributed by atoms with E-state index in [1.807, 2.05) is 6.92 Å². The van der Waals surface area contributed by atoms with Gasteiger partial charge in [0.25, 0.3) is 0 Å². The molecular weight excluding hydrogens is 289 g/mol. The predicted molar refractivity (Wildman–Crippen MR) is 67.6 cm³/mol. The molecule has 78 valence electrons. The van der Waals surface area contributed by atoms with Crippen LogP contribution in [0.4, 0.5) is 5.82 Å². The van der Waals surface area contributed by atoms with Gasteiger partial charge in [-0.15, -0.1) is 0 Å². The first-order valence-corrected chi connectivity index (χ1v) is 6.03. The molecule has 1 aromatic heterocycles. The average Bonchev–Trinajstić information content (AvgIpc) is 2.14. The molecule has 0 unspecified atom stereocenters. The first kappa shape index (κ1) is 11.7.